The molecule has 0 aliphatic carbocycles. The molecule has 96 valence electrons. The lowest BCUT2D eigenvalue weighted by Gasteiger charge is -2.13. The molecule has 1 rings (SSSR count). The zero-order valence-electron chi connectivity index (χ0n) is 9.51. The molecule has 0 radical (unpaired) electrons. The largest absolute Gasteiger partial charge is 0.480 e. The Balaban J connectivity index is 2.76. The van der Waals surface area contributed by atoms with E-state index in [-0.39, 0.29) is 11.3 Å². The molecule has 0 aliphatic rings. The van der Waals surface area contributed by atoms with Gasteiger partial charge in [0.15, 0.2) is 0 Å². The third kappa shape index (κ3) is 3.86. The van der Waals surface area contributed by atoms with Gasteiger partial charge in [-0.1, -0.05) is 19.8 Å². The lowest BCUT2D eigenvalue weighted by Crippen LogP contribution is -2.40. The number of rotatable bonds is 7. The van der Waals surface area contributed by atoms with Crippen molar-refractivity contribution in [2.45, 2.75) is 37.1 Å². The van der Waals surface area contributed by atoms with E-state index >= 15 is 0 Å². The zero-order chi connectivity index (χ0) is 12.9. The molecule has 7 heteroatoms. The Kier molecular flexibility index (Phi) is 4.71. The van der Waals surface area contributed by atoms with Crippen molar-refractivity contribution >= 4 is 16.0 Å². The first-order valence-electron chi connectivity index (χ1n) is 5.35. The predicted octanol–water partition coefficient (Wildman–Crippen LogP) is 0.936. The molecule has 0 spiro atoms. The second-order valence-electron chi connectivity index (χ2n) is 3.70. The van der Waals surface area contributed by atoms with Gasteiger partial charge in [-0.05, 0) is 12.5 Å². The number of sulfonamides is 1. The number of carboxylic acids is 1. The number of nitrogens with one attached hydrogen (secondary N) is 2. The van der Waals surface area contributed by atoms with Gasteiger partial charge in [-0.15, -0.1) is 0 Å². The summed E-state index contributed by atoms with van der Waals surface area (Å²) in [6.45, 7) is 1.92. The Morgan fingerprint density at radius 1 is 1.59 bits per heavy atom. The smallest absolute Gasteiger partial charge is 0.321 e. The minimum absolute atomic E-state index is 0.0419. The molecule has 0 saturated carbocycles. The van der Waals surface area contributed by atoms with E-state index in [1.54, 1.807) is 0 Å². The van der Waals surface area contributed by atoms with Crippen molar-refractivity contribution in [2.75, 3.05) is 0 Å². The third-order valence-electron chi connectivity index (χ3n) is 2.32. The fraction of sp³-hybridized carbons (Fsp3) is 0.500. The van der Waals surface area contributed by atoms with Gasteiger partial charge in [0.25, 0.3) is 0 Å². The molecular formula is C10H16N2O4S. The molecule has 1 aromatic rings. The number of hydrogen-bond donors (Lipinski definition) is 3. The molecule has 0 aromatic carbocycles. The summed E-state index contributed by atoms with van der Waals surface area (Å²) in [5.74, 6) is -1.16. The second kappa shape index (κ2) is 5.83. The van der Waals surface area contributed by atoms with E-state index < -0.39 is 22.0 Å². The van der Waals surface area contributed by atoms with Gasteiger partial charge in [-0.2, -0.15) is 4.72 Å². The normalized spacial score (nSPS) is 13.5. The molecule has 0 bridgehead atoms. The molecule has 17 heavy (non-hydrogen) atoms. The molecule has 0 saturated heterocycles. The van der Waals surface area contributed by atoms with Gasteiger partial charge in [0.1, 0.15) is 6.04 Å². The number of aromatic nitrogens is 1. The SMILES string of the molecule is CCCC[C@H](NS(=O)(=O)c1cc[nH]c1)C(=O)O. The second-order valence-corrected chi connectivity index (χ2v) is 5.42. The van der Waals surface area contributed by atoms with Gasteiger partial charge < -0.3 is 10.1 Å². The molecule has 0 amide bonds. The molecule has 6 nitrogen and oxygen atoms in total. The highest BCUT2D eigenvalue weighted by Crippen LogP contribution is 2.09. The molecule has 1 heterocycles. The first kappa shape index (κ1) is 13.7. The maximum Gasteiger partial charge on any atom is 0.321 e. The highest BCUT2D eigenvalue weighted by molar-refractivity contribution is 7.89. The van der Waals surface area contributed by atoms with E-state index in [0.29, 0.717) is 6.42 Å². The average Bonchev–Trinajstić information content (AvgIpc) is 2.77. The van der Waals surface area contributed by atoms with Crippen molar-refractivity contribution in [3.8, 4) is 0 Å². The van der Waals surface area contributed by atoms with Crippen molar-refractivity contribution in [1.29, 1.82) is 0 Å². The Hall–Kier alpha value is -1.34. The van der Waals surface area contributed by atoms with Crippen LogP contribution < -0.4 is 4.72 Å². The topological polar surface area (TPSA) is 99.3 Å². The van der Waals surface area contributed by atoms with Gasteiger partial charge in [0, 0.05) is 12.4 Å². The van der Waals surface area contributed by atoms with E-state index in [4.69, 9.17) is 5.11 Å². The molecule has 0 fully saturated rings. The van der Waals surface area contributed by atoms with Crippen LogP contribution in [0.3, 0.4) is 0 Å². The summed E-state index contributed by atoms with van der Waals surface area (Å²) < 4.78 is 25.7. The number of carbonyl (C=O) groups is 1. The lowest BCUT2D eigenvalue weighted by atomic mass is 10.1. The number of carboxylic acid groups (broad SMARTS) is 1. The van der Waals surface area contributed by atoms with Gasteiger partial charge in [-0.25, -0.2) is 8.42 Å². The molecule has 0 unspecified atom stereocenters. The standard InChI is InChI=1S/C10H16N2O4S/c1-2-3-4-9(10(13)14)12-17(15,16)8-5-6-11-7-8/h5-7,9,11-12H,2-4H2,1H3,(H,13,14)/t9-/m0/s1. The van der Waals surface area contributed by atoms with Crippen molar-refractivity contribution < 1.29 is 18.3 Å². The van der Waals surface area contributed by atoms with Crippen LogP contribution in [0.2, 0.25) is 0 Å². The monoisotopic (exact) mass is 260 g/mol. The van der Waals surface area contributed by atoms with Crippen LogP contribution in [0.15, 0.2) is 23.4 Å². The van der Waals surface area contributed by atoms with E-state index in [1.165, 1.54) is 18.5 Å². The average molecular weight is 260 g/mol. The van der Waals surface area contributed by atoms with E-state index in [9.17, 15) is 13.2 Å². The number of unbranched alkanes of at least 4 members (excludes halogenated alkanes) is 1. The number of aromatic amines is 1. The van der Waals surface area contributed by atoms with Crippen LogP contribution in [-0.2, 0) is 14.8 Å². The predicted molar refractivity (Wildman–Crippen MR) is 62.1 cm³/mol. The molecule has 1 aromatic heterocycles. The highest BCUT2D eigenvalue weighted by Gasteiger charge is 2.24. The van der Waals surface area contributed by atoms with Crippen molar-refractivity contribution in [3.63, 3.8) is 0 Å². The fourth-order valence-electron chi connectivity index (χ4n) is 1.37. The van der Waals surface area contributed by atoms with Crippen molar-refractivity contribution in [1.82, 2.24) is 9.71 Å². The maximum atomic E-state index is 11.8. The van der Waals surface area contributed by atoms with Crippen molar-refractivity contribution in [3.05, 3.63) is 18.5 Å². The van der Waals surface area contributed by atoms with E-state index in [2.05, 4.69) is 9.71 Å². The minimum Gasteiger partial charge on any atom is -0.480 e. The molecular weight excluding hydrogens is 244 g/mol. The van der Waals surface area contributed by atoms with Crippen LogP contribution in [0.1, 0.15) is 26.2 Å². The van der Waals surface area contributed by atoms with Crippen molar-refractivity contribution in [2.24, 2.45) is 0 Å². The van der Waals surface area contributed by atoms with Crippen LogP contribution in [0, 0.1) is 0 Å². The fourth-order valence-corrected chi connectivity index (χ4v) is 2.57. The van der Waals surface area contributed by atoms with Crippen LogP contribution in [0.25, 0.3) is 0 Å². The van der Waals surface area contributed by atoms with Gasteiger partial charge >= 0.3 is 5.97 Å². The summed E-state index contributed by atoms with van der Waals surface area (Å²) in [4.78, 5) is 13.6. The van der Waals surface area contributed by atoms with Gasteiger partial charge in [0.05, 0.1) is 4.90 Å². The lowest BCUT2D eigenvalue weighted by molar-refractivity contribution is -0.139. The summed E-state index contributed by atoms with van der Waals surface area (Å²) in [5, 5.41) is 8.93. The zero-order valence-corrected chi connectivity index (χ0v) is 10.3. The Morgan fingerprint density at radius 2 is 2.29 bits per heavy atom. The minimum atomic E-state index is -3.75. The van der Waals surface area contributed by atoms with E-state index in [0.717, 1.165) is 6.42 Å². The maximum absolute atomic E-state index is 11.8. The van der Waals surface area contributed by atoms with Crippen LogP contribution in [0.5, 0.6) is 0 Å². The Labute approximate surface area is 100 Å². The summed E-state index contributed by atoms with van der Waals surface area (Å²) in [6, 6.07) is 0.302. The Bertz CT molecular complexity index is 453. The van der Waals surface area contributed by atoms with Crippen LogP contribution in [-0.4, -0.2) is 30.5 Å². The summed E-state index contributed by atoms with van der Waals surface area (Å²) in [5.41, 5.74) is 0. The number of H-pyrrole nitrogens is 1. The first-order valence-corrected chi connectivity index (χ1v) is 6.83. The van der Waals surface area contributed by atoms with Gasteiger partial charge in [-0.3, -0.25) is 4.79 Å². The van der Waals surface area contributed by atoms with E-state index in [1.807, 2.05) is 6.92 Å². The number of hydrogen-bond acceptors (Lipinski definition) is 3. The summed E-state index contributed by atoms with van der Waals surface area (Å²) in [7, 11) is -3.75. The van der Waals surface area contributed by atoms with Crippen LogP contribution in [0.4, 0.5) is 0 Å². The molecule has 1 atom stereocenters. The number of aliphatic carboxylic acids is 1. The molecule has 3 N–H and O–H groups in total. The quantitative estimate of drug-likeness (QED) is 0.679. The summed E-state index contributed by atoms with van der Waals surface area (Å²) >= 11 is 0. The van der Waals surface area contributed by atoms with Gasteiger partial charge in [0.2, 0.25) is 10.0 Å². The third-order valence-corrected chi connectivity index (χ3v) is 3.79. The highest BCUT2D eigenvalue weighted by atomic mass is 32.2. The van der Waals surface area contributed by atoms with Crippen LogP contribution >= 0.6 is 0 Å². The first-order chi connectivity index (χ1) is 7.97. The molecule has 0 aliphatic heterocycles. The Morgan fingerprint density at radius 3 is 2.76 bits per heavy atom. The summed E-state index contributed by atoms with van der Waals surface area (Å²) in [6.07, 6.45) is 4.54.